The normalized spacial score (nSPS) is 13.8. The molecule has 0 aliphatic heterocycles. The van der Waals surface area contributed by atoms with Crippen molar-refractivity contribution in [2.24, 2.45) is 5.92 Å². The molecule has 1 aromatic rings. The lowest BCUT2D eigenvalue weighted by atomic mass is 10.00. The van der Waals surface area contributed by atoms with Gasteiger partial charge in [0, 0.05) is 12.5 Å². The molecule has 0 aromatic heterocycles. The lowest BCUT2D eigenvalue weighted by Crippen LogP contribution is -2.35. The van der Waals surface area contributed by atoms with Gasteiger partial charge in [-0.1, -0.05) is 38.5 Å². The summed E-state index contributed by atoms with van der Waals surface area (Å²) in [6.07, 6.45) is 2.22. The lowest BCUT2D eigenvalue weighted by molar-refractivity contribution is -0.125. The summed E-state index contributed by atoms with van der Waals surface area (Å²) in [6, 6.07) is 6.63. The number of rotatable bonds is 8. The van der Waals surface area contributed by atoms with Crippen molar-refractivity contribution in [2.75, 3.05) is 6.54 Å². The highest BCUT2D eigenvalue weighted by Gasteiger charge is 2.14. The molecule has 4 heteroatoms. The predicted molar refractivity (Wildman–Crippen MR) is 77.8 cm³/mol. The Bertz CT molecular complexity index is 423. The van der Waals surface area contributed by atoms with Crippen LogP contribution in [-0.4, -0.2) is 23.7 Å². The van der Waals surface area contributed by atoms with Gasteiger partial charge in [-0.2, -0.15) is 0 Å². The molecule has 0 spiro atoms. The van der Waals surface area contributed by atoms with Crippen LogP contribution in [0.3, 0.4) is 0 Å². The second kappa shape index (κ2) is 8.69. The van der Waals surface area contributed by atoms with Crippen LogP contribution < -0.4 is 5.32 Å². The Morgan fingerprint density at radius 3 is 2.70 bits per heavy atom. The van der Waals surface area contributed by atoms with Crippen LogP contribution in [0.5, 0.6) is 0 Å². The molecular formula is C16H24FNO2. The minimum atomic E-state index is -0.484. The van der Waals surface area contributed by atoms with Gasteiger partial charge in [-0.3, -0.25) is 4.79 Å². The van der Waals surface area contributed by atoms with E-state index in [0.29, 0.717) is 24.8 Å². The summed E-state index contributed by atoms with van der Waals surface area (Å²) in [5.74, 6) is -0.501. The summed E-state index contributed by atoms with van der Waals surface area (Å²) in [5, 5.41) is 12.3. The predicted octanol–water partition coefficient (Wildman–Crippen LogP) is 2.67. The van der Waals surface area contributed by atoms with Crippen molar-refractivity contribution >= 4 is 5.91 Å². The highest BCUT2D eigenvalue weighted by Crippen LogP contribution is 2.13. The minimum Gasteiger partial charge on any atom is -0.391 e. The van der Waals surface area contributed by atoms with Crippen LogP contribution in [-0.2, 0) is 11.2 Å². The number of carbonyl (C=O) groups is 1. The monoisotopic (exact) mass is 281 g/mol. The van der Waals surface area contributed by atoms with E-state index in [1.54, 1.807) is 18.2 Å². The van der Waals surface area contributed by atoms with Crippen LogP contribution >= 0.6 is 0 Å². The van der Waals surface area contributed by atoms with Crippen molar-refractivity contribution in [2.45, 2.75) is 45.6 Å². The van der Waals surface area contributed by atoms with E-state index in [-0.39, 0.29) is 24.2 Å². The number of amides is 1. The molecule has 112 valence electrons. The van der Waals surface area contributed by atoms with Gasteiger partial charge in [0.2, 0.25) is 5.91 Å². The van der Waals surface area contributed by atoms with E-state index in [2.05, 4.69) is 5.32 Å². The first-order valence-electron chi connectivity index (χ1n) is 7.23. The molecule has 0 fully saturated rings. The smallest absolute Gasteiger partial charge is 0.222 e. The number of hydrogen-bond donors (Lipinski definition) is 2. The fourth-order valence-electron chi connectivity index (χ4n) is 2.03. The Morgan fingerprint density at radius 1 is 1.35 bits per heavy atom. The summed E-state index contributed by atoms with van der Waals surface area (Å²) in [4.78, 5) is 11.8. The molecule has 2 unspecified atom stereocenters. The van der Waals surface area contributed by atoms with Crippen LogP contribution in [0, 0.1) is 11.7 Å². The van der Waals surface area contributed by atoms with Crippen molar-refractivity contribution in [1.82, 2.24) is 5.32 Å². The number of benzene rings is 1. The first-order valence-corrected chi connectivity index (χ1v) is 7.23. The van der Waals surface area contributed by atoms with Gasteiger partial charge in [0.25, 0.3) is 0 Å². The van der Waals surface area contributed by atoms with Crippen molar-refractivity contribution in [3.05, 3.63) is 35.6 Å². The topological polar surface area (TPSA) is 49.3 Å². The second-order valence-electron chi connectivity index (χ2n) is 5.22. The Kier molecular flexibility index (Phi) is 7.23. The molecule has 2 N–H and O–H groups in total. The van der Waals surface area contributed by atoms with Gasteiger partial charge in [-0.15, -0.1) is 0 Å². The van der Waals surface area contributed by atoms with Crippen LogP contribution in [0.25, 0.3) is 0 Å². The van der Waals surface area contributed by atoms with E-state index in [9.17, 15) is 14.3 Å². The molecule has 0 saturated heterocycles. The number of aliphatic hydroxyl groups excluding tert-OH is 1. The maximum Gasteiger partial charge on any atom is 0.222 e. The average molecular weight is 281 g/mol. The molecule has 0 saturated carbocycles. The maximum absolute atomic E-state index is 13.4. The molecule has 0 aliphatic rings. The number of nitrogens with one attached hydrogen (secondary N) is 1. The Balaban J connectivity index is 2.33. The number of hydrogen-bond acceptors (Lipinski definition) is 2. The van der Waals surface area contributed by atoms with Crippen LogP contribution in [0.2, 0.25) is 0 Å². The van der Waals surface area contributed by atoms with Crippen molar-refractivity contribution in [3.8, 4) is 0 Å². The molecule has 20 heavy (non-hydrogen) atoms. The lowest BCUT2D eigenvalue weighted by Gasteiger charge is -2.15. The molecule has 1 rings (SSSR count). The van der Waals surface area contributed by atoms with Gasteiger partial charge in [-0.05, 0) is 30.9 Å². The molecule has 1 amide bonds. The van der Waals surface area contributed by atoms with E-state index >= 15 is 0 Å². The largest absolute Gasteiger partial charge is 0.391 e. The summed E-state index contributed by atoms with van der Waals surface area (Å²) in [6.45, 7) is 4.10. The second-order valence-corrected chi connectivity index (χ2v) is 5.22. The summed E-state index contributed by atoms with van der Waals surface area (Å²) >= 11 is 0. The first kappa shape index (κ1) is 16.6. The third kappa shape index (κ3) is 5.70. The SMILES string of the molecule is CCCC(O)CNC(=O)C(C)CCc1ccccc1F. The van der Waals surface area contributed by atoms with Crippen molar-refractivity contribution < 1.29 is 14.3 Å². The molecular weight excluding hydrogens is 257 g/mol. The zero-order valence-corrected chi connectivity index (χ0v) is 12.2. The molecule has 0 radical (unpaired) electrons. The molecule has 1 aromatic carbocycles. The Hall–Kier alpha value is -1.42. The quantitative estimate of drug-likeness (QED) is 0.769. The van der Waals surface area contributed by atoms with Crippen LogP contribution in [0.4, 0.5) is 4.39 Å². The summed E-state index contributed by atoms with van der Waals surface area (Å²) in [7, 11) is 0. The third-order valence-electron chi connectivity index (χ3n) is 3.39. The highest BCUT2D eigenvalue weighted by molar-refractivity contribution is 5.78. The van der Waals surface area contributed by atoms with Crippen molar-refractivity contribution in [3.63, 3.8) is 0 Å². The maximum atomic E-state index is 13.4. The zero-order chi connectivity index (χ0) is 15.0. The molecule has 0 aliphatic carbocycles. The average Bonchev–Trinajstić information content (AvgIpc) is 2.44. The van der Waals surface area contributed by atoms with E-state index in [0.717, 1.165) is 6.42 Å². The van der Waals surface area contributed by atoms with E-state index in [1.807, 2.05) is 13.8 Å². The highest BCUT2D eigenvalue weighted by atomic mass is 19.1. The first-order chi connectivity index (χ1) is 9.54. The van der Waals surface area contributed by atoms with Crippen molar-refractivity contribution in [1.29, 1.82) is 0 Å². The molecule has 3 nitrogen and oxygen atoms in total. The van der Waals surface area contributed by atoms with Gasteiger partial charge in [0.15, 0.2) is 0 Å². The van der Waals surface area contributed by atoms with Gasteiger partial charge in [0.1, 0.15) is 5.82 Å². The fourth-order valence-corrected chi connectivity index (χ4v) is 2.03. The molecule has 0 heterocycles. The molecule has 0 bridgehead atoms. The summed E-state index contributed by atoms with van der Waals surface area (Å²) < 4.78 is 13.4. The van der Waals surface area contributed by atoms with E-state index < -0.39 is 6.10 Å². The van der Waals surface area contributed by atoms with E-state index in [4.69, 9.17) is 0 Å². The number of aliphatic hydroxyl groups is 1. The van der Waals surface area contributed by atoms with Crippen LogP contribution in [0.15, 0.2) is 24.3 Å². The fraction of sp³-hybridized carbons (Fsp3) is 0.562. The van der Waals surface area contributed by atoms with Gasteiger partial charge < -0.3 is 10.4 Å². The number of halogens is 1. The number of aryl methyl sites for hydroxylation is 1. The third-order valence-corrected chi connectivity index (χ3v) is 3.39. The Morgan fingerprint density at radius 2 is 2.05 bits per heavy atom. The van der Waals surface area contributed by atoms with Crippen LogP contribution in [0.1, 0.15) is 38.7 Å². The Labute approximate surface area is 120 Å². The van der Waals surface area contributed by atoms with Gasteiger partial charge >= 0.3 is 0 Å². The van der Waals surface area contributed by atoms with Gasteiger partial charge in [-0.25, -0.2) is 4.39 Å². The van der Waals surface area contributed by atoms with E-state index in [1.165, 1.54) is 6.07 Å². The zero-order valence-electron chi connectivity index (χ0n) is 12.2. The standard InChI is InChI=1S/C16H24FNO2/c1-3-6-14(19)11-18-16(20)12(2)9-10-13-7-4-5-8-15(13)17/h4-5,7-8,12,14,19H,3,6,9-11H2,1-2H3,(H,18,20). The number of carbonyl (C=O) groups excluding carboxylic acids is 1. The molecule has 2 atom stereocenters. The van der Waals surface area contributed by atoms with Gasteiger partial charge in [0.05, 0.1) is 6.10 Å². The minimum absolute atomic E-state index is 0.0866. The summed E-state index contributed by atoms with van der Waals surface area (Å²) in [5.41, 5.74) is 0.637.